The quantitative estimate of drug-likeness (QED) is 0.733. The normalized spacial score (nSPS) is 30.1. The molecule has 106 valence electrons. The van der Waals surface area contributed by atoms with Gasteiger partial charge in [0.25, 0.3) is 0 Å². The molecule has 19 heavy (non-hydrogen) atoms. The number of rotatable bonds is 6. The number of hydrogen-bond acceptors (Lipinski definition) is 3. The monoisotopic (exact) mass is 264 g/mol. The molecule has 0 spiro atoms. The number of carbonyl (C=O) groups excluding carboxylic acids is 1. The van der Waals surface area contributed by atoms with E-state index in [0.29, 0.717) is 31.7 Å². The molecule has 2 heterocycles. The smallest absolute Gasteiger partial charge is 0.237 e. The molecule has 0 saturated carbocycles. The Hall–Kier alpha value is -1.13. The highest BCUT2D eigenvalue weighted by Gasteiger charge is 2.41. The van der Waals surface area contributed by atoms with Crippen LogP contribution in [0.5, 0.6) is 0 Å². The van der Waals surface area contributed by atoms with E-state index in [4.69, 9.17) is 0 Å². The first-order valence-electron chi connectivity index (χ1n) is 7.09. The van der Waals surface area contributed by atoms with Crippen molar-refractivity contribution in [3.8, 4) is 0 Å². The summed E-state index contributed by atoms with van der Waals surface area (Å²) in [5.74, 6) is 0.132. The van der Waals surface area contributed by atoms with Gasteiger partial charge >= 0.3 is 0 Å². The molecule has 2 aliphatic rings. The molecule has 2 aliphatic heterocycles. The van der Waals surface area contributed by atoms with E-state index in [0.717, 1.165) is 25.7 Å². The van der Waals surface area contributed by atoms with Crippen LogP contribution in [-0.4, -0.2) is 58.6 Å². The average molecular weight is 264 g/mol. The first kappa shape index (κ1) is 14.3. The Balaban J connectivity index is 1.94. The van der Waals surface area contributed by atoms with Gasteiger partial charge in [-0.1, -0.05) is 12.2 Å². The Morgan fingerprint density at radius 2 is 1.74 bits per heavy atom. The molecule has 1 amide bonds. The van der Waals surface area contributed by atoms with Crippen LogP contribution in [0.2, 0.25) is 0 Å². The van der Waals surface area contributed by atoms with E-state index < -0.39 is 0 Å². The molecule has 0 radical (unpaired) electrons. The fourth-order valence-corrected chi connectivity index (χ4v) is 3.35. The van der Waals surface area contributed by atoms with E-state index in [2.05, 4.69) is 18.1 Å². The van der Waals surface area contributed by atoms with E-state index >= 15 is 0 Å². The van der Waals surface area contributed by atoms with Gasteiger partial charge in [-0.2, -0.15) is 0 Å². The third kappa shape index (κ3) is 3.25. The summed E-state index contributed by atoms with van der Waals surface area (Å²) in [6, 6.07) is 0.763. The van der Waals surface area contributed by atoms with Crippen molar-refractivity contribution in [3.63, 3.8) is 0 Å². The molecule has 0 aliphatic carbocycles. The summed E-state index contributed by atoms with van der Waals surface area (Å²) >= 11 is 0. The number of piperidine rings is 1. The summed E-state index contributed by atoms with van der Waals surface area (Å²) in [5, 5.41) is 9.77. The number of carbonyl (C=O) groups is 1. The molecular formula is C15H24N2O2. The van der Waals surface area contributed by atoms with Gasteiger partial charge in [0.05, 0.1) is 12.6 Å². The van der Waals surface area contributed by atoms with Crippen molar-refractivity contribution in [1.29, 1.82) is 0 Å². The molecule has 0 aromatic carbocycles. The van der Waals surface area contributed by atoms with Crippen molar-refractivity contribution in [2.45, 2.75) is 43.9 Å². The summed E-state index contributed by atoms with van der Waals surface area (Å²) < 4.78 is 0. The van der Waals surface area contributed by atoms with Gasteiger partial charge in [-0.15, -0.1) is 13.2 Å². The van der Waals surface area contributed by atoms with Gasteiger partial charge in [-0.05, 0) is 25.7 Å². The van der Waals surface area contributed by atoms with Crippen molar-refractivity contribution in [3.05, 3.63) is 25.3 Å². The molecule has 4 nitrogen and oxygen atoms in total. The van der Waals surface area contributed by atoms with Gasteiger partial charge in [-0.3, -0.25) is 9.69 Å². The van der Waals surface area contributed by atoms with Gasteiger partial charge in [0.2, 0.25) is 5.91 Å². The molecule has 0 aromatic rings. The number of aliphatic hydroxyl groups is 1. The van der Waals surface area contributed by atoms with Crippen molar-refractivity contribution in [1.82, 2.24) is 9.80 Å². The zero-order valence-electron chi connectivity index (χ0n) is 11.5. The molecule has 2 rings (SSSR count). The Kier molecular flexibility index (Phi) is 4.77. The average Bonchev–Trinajstić information content (AvgIpc) is 2.61. The highest BCUT2D eigenvalue weighted by molar-refractivity contribution is 5.78. The summed E-state index contributed by atoms with van der Waals surface area (Å²) in [5.41, 5.74) is 0. The molecule has 2 saturated heterocycles. The Morgan fingerprint density at radius 3 is 2.21 bits per heavy atom. The lowest BCUT2D eigenvalue weighted by Gasteiger charge is -2.37. The lowest BCUT2D eigenvalue weighted by molar-refractivity contribution is -0.133. The van der Waals surface area contributed by atoms with E-state index in [1.165, 1.54) is 0 Å². The van der Waals surface area contributed by atoms with Crippen LogP contribution >= 0.6 is 0 Å². The first-order chi connectivity index (χ1) is 9.15. The van der Waals surface area contributed by atoms with Crippen LogP contribution in [0.3, 0.4) is 0 Å². The van der Waals surface area contributed by atoms with Crippen molar-refractivity contribution < 1.29 is 9.90 Å². The zero-order chi connectivity index (χ0) is 13.8. The summed E-state index contributed by atoms with van der Waals surface area (Å²) in [4.78, 5) is 16.4. The number of nitrogens with zero attached hydrogens (tertiary/aromatic N) is 2. The third-order valence-electron chi connectivity index (χ3n) is 4.23. The topological polar surface area (TPSA) is 43.8 Å². The molecule has 4 heteroatoms. The van der Waals surface area contributed by atoms with Gasteiger partial charge in [-0.25, -0.2) is 0 Å². The van der Waals surface area contributed by atoms with Crippen LogP contribution in [0.1, 0.15) is 25.7 Å². The highest BCUT2D eigenvalue weighted by Crippen LogP contribution is 2.35. The molecule has 1 N–H and O–H groups in total. The van der Waals surface area contributed by atoms with Crippen LogP contribution in [0.15, 0.2) is 25.3 Å². The Morgan fingerprint density at radius 1 is 1.21 bits per heavy atom. The Bertz CT molecular complexity index is 332. The number of fused-ring (bicyclic) bond motifs is 2. The van der Waals surface area contributed by atoms with E-state index in [-0.39, 0.29) is 12.0 Å². The first-order valence-corrected chi connectivity index (χ1v) is 7.09. The summed E-state index contributed by atoms with van der Waals surface area (Å²) in [7, 11) is 0. The van der Waals surface area contributed by atoms with Gasteiger partial charge in [0, 0.05) is 25.2 Å². The second kappa shape index (κ2) is 6.35. The second-order valence-electron chi connectivity index (χ2n) is 5.56. The summed E-state index contributed by atoms with van der Waals surface area (Å²) in [6.45, 7) is 8.97. The van der Waals surface area contributed by atoms with Crippen molar-refractivity contribution >= 4 is 5.91 Å². The maximum Gasteiger partial charge on any atom is 0.237 e. The number of hydrogen-bond donors (Lipinski definition) is 1. The molecule has 2 fully saturated rings. The van der Waals surface area contributed by atoms with Crippen LogP contribution in [0.25, 0.3) is 0 Å². The number of amides is 1. The van der Waals surface area contributed by atoms with Crippen molar-refractivity contribution in [2.24, 2.45) is 0 Å². The maximum atomic E-state index is 12.3. The minimum Gasteiger partial charge on any atom is -0.393 e. The summed E-state index contributed by atoms with van der Waals surface area (Å²) in [6.07, 6.45) is 7.16. The van der Waals surface area contributed by atoms with Crippen molar-refractivity contribution in [2.75, 3.05) is 19.6 Å². The SMILES string of the molecule is C=CCN(CC=C)C(=O)CN1[C@@H]2CC[C@H]1CC(O)C2. The van der Waals surface area contributed by atoms with Gasteiger partial charge in [0.15, 0.2) is 0 Å². The maximum absolute atomic E-state index is 12.3. The zero-order valence-corrected chi connectivity index (χ0v) is 11.5. The molecular weight excluding hydrogens is 240 g/mol. The standard InChI is InChI=1S/C15H24N2O2/c1-3-7-16(8-4-2)15(19)11-17-12-5-6-13(17)10-14(18)9-12/h3-4,12-14,18H,1-2,5-11H2/t12-,13+,14?. The minimum absolute atomic E-state index is 0.132. The number of aliphatic hydroxyl groups excluding tert-OH is 1. The van der Waals surface area contributed by atoms with Crippen LogP contribution < -0.4 is 0 Å². The van der Waals surface area contributed by atoms with Crippen LogP contribution in [0, 0.1) is 0 Å². The lowest BCUT2D eigenvalue weighted by Crippen LogP contribution is -2.49. The predicted octanol–water partition coefficient (Wildman–Crippen LogP) is 1.17. The lowest BCUT2D eigenvalue weighted by atomic mass is 10.00. The fourth-order valence-electron chi connectivity index (χ4n) is 3.35. The van der Waals surface area contributed by atoms with Crippen LogP contribution in [-0.2, 0) is 4.79 Å². The largest absolute Gasteiger partial charge is 0.393 e. The second-order valence-corrected chi connectivity index (χ2v) is 5.56. The Labute approximate surface area is 115 Å². The van der Waals surface area contributed by atoms with Gasteiger partial charge in [0.1, 0.15) is 0 Å². The molecule has 3 atom stereocenters. The molecule has 2 bridgehead atoms. The van der Waals surface area contributed by atoms with E-state index in [1.807, 2.05) is 0 Å². The predicted molar refractivity (Wildman–Crippen MR) is 75.7 cm³/mol. The highest BCUT2D eigenvalue weighted by atomic mass is 16.3. The van der Waals surface area contributed by atoms with Gasteiger partial charge < -0.3 is 10.0 Å². The minimum atomic E-state index is -0.179. The van der Waals surface area contributed by atoms with E-state index in [9.17, 15) is 9.90 Å². The molecule has 1 unspecified atom stereocenters. The van der Waals surface area contributed by atoms with Crippen LogP contribution in [0.4, 0.5) is 0 Å². The molecule has 0 aromatic heterocycles. The fraction of sp³-hybridized carbons (Fsp3) is 0.667. The van der Waals surface area contributed by atoms with E-state index in [1.54, 1.807) is 17.1 Å². The third-order valence-corrected chi connectivity index (χ3v) is 4.23.